The Bertz CT molecular complexity index is 835. The standard InChI is InChI=1S/C21H23FN2O2S/c1-12(2)9-17-18(10-23)21(24-13(3)20(17)14(4)25)27-11-19(26)15-5-7-16(22)8-6-15/h5-8,12,17,20H,9,11H2,1-4H3/t17-,20?/m0/s1. The van der Waals surface area contributed by atoms with Crippen molar-refractivity contribution < 1.29 is 14.0 Å². The summed E-state index contributed by atoms with van der Waals surface area (Å²) in [6, 6.07) is 7.61. The van der Waals surface area contributed by atoms with Crippen molar-refractivity contribution in [3.8, 4) is 6.07 Å². The van der Waals surface area contributed by atoms with Gasteiger partial charge in [-0.3, -0.25) is 9.59 Å². The highest BCUT2D eigenvalue weighted by Gasteiger charge is 2.36. The molecule has 0 spiro atoms. The number of Topliss-reactive ketones (excluding diaryl/α,β-unsaturated/α-hetero) is 2. The van der Waals surface area contributed by atoms with Crippen LogP contribution in [0.5, 0.6) is 0 Å². The molecule has 0 bridgehead atoms. The molecule has 0 saturated carbocycles. The third-order valence-corrected chi connectivity index (χ3v) is 5.51. The summed E-state index contributed by atoms with van der Waals surface area (Å²) in [5, 5.41) is 10.2. The molecule has 0 aromatic heterocycles. The number of aliphatic imine (C=N–C) groups is 1. The number of ketones is 2. The van der Waals surface area contributed by atoms with E-state index in [0.717, 1.165) is 0 Å². The third kappa shape index (κ3) is 5.14. The minimum Gasteiger partial charge on any atom is -0.299 e. The lowest BCUT2D eigenvalue weighted by Crippen LogP contribution is -2.33. The van der Waals surface area contributed by atoms with E-state index in [1.807, 2.05) is 0 Å². The van der Waals surface area contributed by atoms with E-state index in [1.165, 1.54) is 43.0 Å². The van der Waals surface area contributed by atoms with Crippen molar-refractivity contribution in [2.24, 2.45) is 22.7 Å². The van der Waals surface area contributed by atoms with Crippen LogP contribution in [0.1, 0.15) is 44.5 Å². The smallest absolute Gasteiger partial charge is 0.173 e. The van der Waals surface area contributed by atoms with Gasteiger partial charge in [0.2, 0.25) is 0 Å². The van der Waals surface area contributed by atoms with Crippen LogP contribution in [0.25, 0.3) is 0 Å². The SMILES string of the molecule is CC(=O)C1C(C)=NC(SCC(=O)c2ccc(F)cc2)=C(C#N)[C@@H]1CC(C)C. The van der Waals surface area contributed by atoms with E-state index in [9.17, 15) is 19.2 Å². The van der Waals surface area contributed by atoms with Crippen LogP contribution in [-0.2, 0) is 4.79 Å². The molecular weight excluding hydrogens is 363 g/mol. The first kappa shape index (κ1) is 21.0. The van der Waals surface area contributed by atoms with Crippen LogP contribution in [0.4, 0.5) is 4.39 Å². The number of halogens is 1. The Kier molecular flexibility index (Phi) is 7.09. The molecule has 27 heavy (non-hydrogen) atoms. The predicted octanol–water partition coefficient (Wildman–Crippen LogP) is 4.82. The van der Waals surface area contributed by atoms with Crippen LogP contribution in [0.15, 0.2) is 39.9 Å². The fourth-order valence-corrected chi connectivity index (χ4v) is 4.33. The topological polar surface area (TPSA) is 70.3 Å². The zero-order valence-corrected chi connectivity index (χ0v) is 16.8. The van der Waals surface area contributed by atoms with E-state index in [-0.39, 0.29) is 29.2 Å². The molecular formula is C21H23FN2O2S. The van der Waals surface area contributed by atoms with Gasteiger partial charge in [0.1, 0.15) is 16.6 Å². The molecule has 0 amide bonds. The van der Waals surface area contributed by atoms with Gasteiger partial charge in [-0.1, -0.05) is 25.6 Å². The van der Waals surface area contributed by atoms with Crippen LogP contribution >= 0.6 is 11.8 Å². The summed E-state index contributed by atoms with van der Waals surface area (Å²) in [6.45, 7) is 7.44. The average molecular weight is 386 g/mol. The zero-order valence-electron chi connectivity index (χ0n) is 16.0. The summed E-state index contributed by atoms with van der Waals surface area (Å²) in [5.74, 6) is -0.742. The molecule has 0 N–H and O–H groups in total. The largest absolute Gasteiger partial charge is 0.299 e. The van der Waals surface area contributed by atoms with E-state index >= 15 is 0 Å². The number of hydrogen-bond acceptors (Lipinski definition) is 5. The fraction of sp³-hybridized carbons (Fsp3) is 0.429. The van der Waals surface area contributed by atoms with Crippen molar-refractivity contribution in [2.45, 2.75) is 34.1 Å². The van der Waals surface area contributed by atoms with Gasteiger partial charge < -0.3 is 0 Å². The quantitative estimate of drug-likeness (QED) is 0.630. The third-order valence-electron chi connectivity index (χ3n) is 4.52. The van der Waals surface area contributed by atoms with Crippen molar-refractivity contribution in [3.05, 3.63) is 46.2 Å². The highest BCUT2D eigenvalue weighted by molar-refractivity contribution is 8.03. The Morgan fingerprint density at radius 1 is 1.30 bits per heavy atom. The monoisotopic (exact) mass is 386 g/mol. The van der Waals surface area contributed by atoms with Crippen LogP contribution in [0.2, 0.25) is 0 Å². The maximum atomic E-state index is 13.0. The summed E-state index contributed by atoms with van der Waals surface area (Å²) in [5.41, 5.74) is 1.58. The van der Waals surface area contributed by atoms with Crippen LogP contribution in [0, 0.1) is 34.9 Å². The van der Waals surface area contributed by atoms with E-state index in [1.54, 1.807) is 6.92 Å². The van der Waals surface area contributed by atoms with Gasteiger partial charge >= 0.3 is 0 Å². The Morgan fingerprint density at radius 2 is 1.93 bits per heavy atom. The lowest BCUT2D eigenvalue weighted by atomic mass is 9.75. The minimum absolute atomic E-state index is 0.00101. The number of carbonyl (C=O) groups excluding carboxylic acids is 2. The van der Waals surface area contributed by atoms with Crippen molar-refractivity contribution in [1.29, 1.82) is 5.26 Å². The van der Waals surface area contributed by atoms with Gasteiger partial charge in [-0.25, -0.2) is 9.38 Å². The van der Waals surface area contributed by atoms with Gasteiger partial charge in [0.15, 0.2) is 5.78 Å². The van der Waals surface area contributed by atoms with Gasteiger partial charge in [-0.2, -0.15) is 5.26 Å². The van der Waals surface area contributed by atoms with Gasteiger partial charge in [0.25, 0.3) is 0 Å². The molecule has 1 aromatic rings. The second-order valence-electron chi connectivity index (χ2n) is 7.13. The number of carbonyl (C=O) groups is 2. The molecule has 2 rings (SSSR count). The summed E-state index contributed by atoms with van der Waals surface area (Å²) in [7, 11) is 0. The maximum absolute atomic E-state index is 13.0. The summed E-state index contributed by atoms with van der Waals surface area (Å²) < 4.78 is 13.0. The Balaban J connectivity index is 2.27. The maximum Gasteiger partial charge on any atom is 0.173 e. The van der Waals surface area contributed by atoms with E-state index in [4.69, 9.17) is 0 Å². The first-order valence-electron chi connectivity index (χ1n) is 8.86. The molecule has 0 radical (unpaired) electrons. The summed E-state index contributed by atoms with van der Waals surface area (Å²) in [6.07, 6.45) is 0.704. The number of nitrogens with zero attached hydrogens (tertiary/aromatic N) is 2. The normalized spacial score (nSPS) is 19.7. The molecule has 142 valence electrons. The molecule has 1 unspecified atom stereocenters. The summed E-state index contributed by atoms with van der Waals surface area (Å²) in [4.78, 5) is 29.0. The number of allylic oxidation sites excluding steroid dienone is 1. The molecule has 0 fully saturated rings. The average Bonchev–Trinajstić information content (AvgIpc) is 2.59. The van der Waals surface area contributed by atoms with Crippen molar-refractivity contribution in [2.75, 3.05) is 5.75 Å². The lowest BCUT2D eigenvalue weighted by molar-refractivity contribution is -0.119. The highest BCUT2D eigenvalue weighted by atomic mass is 32.2. The van der Waals surface area contributed by atoms with E-state index < -0.39 is 5.82 Å². The van der Waals surface area contributed by atoms with Crippen LogP contribution in [-0.4, -0.2) is 23.0 Å². The Labute approximate surface area is 163 Å². The predicted molar refractivity (Wildman–Crippen MR) is 106 cm³/mol. The first-order chi connectivity index (χ1) is 12.7. The molecule has 1 aliphatic heterocycles. The molecule has 1 aliphatic rings. The molecule has 0 aliphatic carbocycles. The highest BCUT2D eigenvalue weighted by Crippen LogP contribution is 2.39. The summed E-state index contributed by atoms with van der Waals surface area (Å²) >= 11 is 1.20. The number of benzene rings is 1. The fourth-order valence-electron chi connectivity index (χ4n) is 3.34. The first-order valence-corrected chi connectivity index (χ1v) is 9.84. The van der Waals surface area contributed by atoms with Crippen LogP contribution < -0.4 is 0 Å². The van der Waals surface area contributed by atoms with Gasteiger partial charge in [-0.15, -0.1) is 0 Å². The number of rotatable bonds is 7. The van der Waals surface area contributed by atoms with Crippen molar-refractivity contribution in [3.63, 3.8) is 0 Å². The van der Waals surface area contributed by atoms with Crippen molar-refractivity contribution >= 4 is 29.0 Å². The Hall–Kier alpha value is -2.26. The van der Waals surface area contributed by atoms with E-state index in [2.05, 4.69) is 24.9 Å². The molecule has 0 saturated heterocycles. The van der Waals surface area contributed by atoms with Gasteiger partial charge in [0.05, 0.1) is 23.3 Å². The lowest BCUT2D eigenvalue weighted by Gasteiger charge is -2.30. The molecule has 6 heteroatoms. The zero-order chi connectivity index (χ0) is 20.1. The van der Waals surface area contributed by atoms with Gasteiger partial charge in [0, 0.05) is 17.2 Å². The molecule has 4 nitrogen and oxygen atoms in total. The number of hydrogen-bond donors (Lipinski definition) is 0. The second-order valence-corrected chi connectivity index (χ2v) is 8.09. The molecule has 1 aromatic carbocycles. The minimum atomic E-state index is -0.395. The second kappa shape index (κ2) is 9.09. The Morgan fingerprint density at radius 3 is 2.44 bits per heavy atom. The molecule has 1 heterocycles. The van der Waals surface area contributed by atoms with Crippen molar-refractivity contribution in [1.82, 2.24) is 0 Å². The number of thioether (sulfide) groups is 1. The van der Waals surface area contributed by atoms with Crippen LogP contribution in [0.3, 0.4) is 0 Å². The number of nitriles is 1. The molecule has 2 atom stereocenters. The van der Waals surface area contributed by atoms with E-state index in [0.29, 0.717) is 34.2 Å². The van der Waals surface area contributed by atoms with Gasteiger partial charge in [-0.05, 0) is 50.5 Å².